The summed E-state index contributed by atoms with van der Waals surface area (Å²) in [7, 11) is 0. The third-order valence-corrected chi connectivity index (χ3v) is 6.63. The molecule has 3 aliphatic rings. The van der Waals surface area contributed by atoms with Crippen molar-refractivity contribution in [2.24, 2.45) is 5.92 Å². The van der Waals surface area contributed by atoms with Crippen molar-refractivity contribution in [3.05, 3.63) is 65.7 Å². The zero-order valence-electron chi connectivity index (χ0n) is 15.9. The lowest BCUT2D eigenvalue weighted by molar-refractivity contribution is -0.155. The first-order valence-electron chi connectivity index (χ1n) is 10.1. The lowest BCUT2D eigenvalue weighted by Crippen LogP contribution is -2.53. The van der Waals surface area contributed by atoms with Crippen molar-refractivity contribution in [1.82, 2.24) is 4.90 Å². The summed E-state index contributed by atoms with van der Waals surface area (Å²) in [6.07, 6.45) is 2.01. The maximum Gasteiger partial charge on any atom is 0.312 e. The molecule has 1 spiro atoms. The first-order chi connectivity index (χ1) is 13.7. The molecular formula is C23H24N2O3. The van der Waals surface area contributed by atoms with Crippen LogP contribution in [0, 0.1) is 5.92 Å². The topological polar surface area (TPSA) is 58.6 Å². The van der Waals surface area contributed by atoms with Gasteiger partial charge in [-0.2, -0.15) is 0 Å². The van der Waals surface area contributed by atoms with E-state index in [1.807, 2.05) is 49.4 Å². The molecule has 3 heterocycles. The smallest absolute Gasteiger partial charge is 0.312 e. The maximum absolute atomic E-state index is 13.5. The fraction of sp³-hybridized carbons (Fsp3) is 0.391. The Morgan fingerprint density at radius 3 is 2.71 bits per heavy atom. The fourth-order valence-corrected chi connectivity index (χ4v) is 5.76. The number of fused-ring (bicyclic) bond motifs is 4. The molecule has 0 aromatic heterocycles. The van der Waals surface area contributed by atoms with Gasteiger partial charge in [-0.15, -0.1) is 0 Å². The lowest BCUT2D eigenvalue weighted by atomic mass is 9.72. The van der Waals surface area contributed by atoms with Crippen LogP contribution in [0.3, 0.4) is 0 Å². The van der Waals surface area contributed by atoms with Crippen LogP contribution in [0.1, 0.15) is 36.8 Å². The molecule has 28 heavy (non-hydrogen) atoms. The van der Waals surface area contributed by atoms with Gasteiger partial charge in [0.2, 0.25) is 0 Å². The number of nitrogens with zero attached hydrogens (tertiary/aromatic N) is 1. The van der Waals surface area contributed by atoms with Crippen molar-refractivity contribution >= 4 is 17.6 Å². The van der Waals surface area contributed by atoms with E-state index in [9.17, 15) is 9.59 Å². The minimum absolute atomic E-state index is 0.0698. The van der Waals surface area contributed by atoms with Crippen LogP contribution in [-0.2, 0) is 19.9 Å². The summed E-state index contributed by atoms with van der Waals surface area (Å²) in [6.45, 7) is 2.94. The Morgan fingerprint density at radius 2 is 1.93 bits per heavy atom. The molecule has 0 saturated carbocycles. The van der Waals surface area contributed by atoms with Crippen LogP contribution >= 0.6 is 0 Å². The molecule has 2 aromatic carbocycles. The summed E-state index contributed by atoms with van der Waals surface area (Å²) in [5.41, 5.74) is 1.82. The predicted octanol–water partition coefficient (Wildman–Crippen LogP) is 3.28. The fourth-order valence-electron chi connectivity index (χ4n) is 5.76. The second-order valence-electron chi connectivity index (χ2n) is 7.84. The van der Waals surface area contributed by atoms with Crippen molar-refractivity contribution in [2.45, 2.75) is 37.3 Å². The lowest BCUT2D eigenvalue weighted by Gasteiger charge is -2.36. The van der Waals surface area contributed by atoms with Gasteiger partial charge in [-0.25, -0.2) is 0 Å². The van der Waals surface area contributed by atoms with Gasteiger partial charge in [-0.1, -0.05) is 48.5 Å². The van der Waals surface area contributed by atoms with E-state index in [-0.39, 0.29) is 23.8 Å². The Balaban J connectivity index is 1.76. The number of ether oxygens (including phenoxy) is 1. The number of rotatable bonds is 3. The number of carbonyl (C=O) groups excluding carboxylic acids is 2. The van der Waals surface area contributed by atoms with E-state index in [4.69, 9.17) is 4.74 Å². The van der Waals surface area contributed by atoms with Crippen molar-refractivity contribution in [2.75, 3.05) is 18.5 Å². The average Bonchev–Trinajstić information content (AvgIpc) is 3.36. The number of hydrogen-bond acceptors (Lipinski definition) is 4. The number of benzene rings is 2. The van der Waals surface area contributed by atoms with Gasteiger partial charge in [0.05, 0.1) is 12.5 Å². The van der Waals surface area contributed by atoms with Crippen LogP contribution in [-0.4, -0.2) is 36.0 Å². The largest absolute Gasteiger partial charge is 0.466 e. The van der Waals surface area contributed by atoms with Gasteiger partial charge in [-0.05, 0) is 37.9 Å². The minimum Gasteiger partial charge on any atom is -0.466 e. The summed E-state index contributed by atoms with van der Waals surface area (Å²) in [6, 6.07) is 18.1. The van der Waals surface area contributed by atoms with Crippen LogP contribution < -0.4 is 5.32 Å². The van der Waals surface area contributed by atoms with Gasteiger partial charge in [0, 0.05) is 23.2 Å². The second-order valence-corrected chi connectivity index (χ2v) is 7.84. The zero-order chi connectivity index (χ0) is 19.3. The van der Waals surface area contributed by atoms with Crippen molar-refractivity contribution < 1.29 is 14.3 Å². The minimum atomic E-state index is -0.996. The highest BCUT2D eigenvalue weighted by atomic mass is 16.5. The Bertz CT molecular complexity index is 928. The molecule has 1 N–H and O–H groups in total. The molecule has 2 aromatic rings. The highest BCUT2D eigenvalue weighted by Crippen LogP contribution is 2.60. The molecule has 5 heteroatoms. The highest BCUT2D eigenvalue weighted by molar-refractivity contribution is 6.09. The quantitative estimate of drug-likeness (QED) is 0.836. The van der Waals surface area contributed by atoms with Crippen LogP contribution in [0.25, 0.3) is 0 Å². The van der Waals surface area contributed by atoms with E-state index in [1.54, 1.807) is 0 Å². The van der Waals surface area contributed by atoms with Crippen LogP contribution in [0.5, 0.6) is 0 Å². The summed E-state index contributed by atoms with van der Waals surface area (Å²) in [5, 5.41) is 3.05. The van der Waals surface area contributed by atoms with Crippen LogP contribution in [0.2, 0.25) is 0 Å². The predicted molar refractivity (Wildman–Crippen MR) is 106 cm³/mol. The van der Waals surface area contributed by atoms with Gasteiger partial charge >= 0.3 is 5.97 Å². The molecule has 4 atom stereocenters. The van der Waals surface area contributed by atoms with E-state index in [0.717, 1.165) is 36.2 Å². The van der Waals surface area contributed by atoms with Gasteiger partial charge in [0.25, 0.3) is 5.91 Å². The molecule has 5 rings (SSSR count). The number of nitrogens with one attached hydrogen (secondary N) is 1. The second kappa shape index (κ2) is 6.45. The first kappa shape index (κ1) is 17.4. The normalized spacial score (nSPS) is 30.9. The van der Waals surface area contributed by atoms with E-state index in [1.165, 1.54) is 0 Å². The van der Waals surface area contributed by atoms with Gasteiger partial charge in [-0.3, -0.25) is 14.5 Å². The number of carbonyl (C=O) groups is 2. The summed E-state index contributed by atoms with van der Waals surface area (Å²) < 4.78 is 5.55. The third kappa shape index (κ3) is 2.17. The molecule has 0 unspecified atom stereocenters. The number of hydrogen-bond donors (Lipinski definition) is 1. The Labute approximate surface area is 164 Å². The maximum atomic E-state index is 13.5. The first-order valence-corrected chi connectivity index (χ1v) is 10.1. The number of esters is 1. The molecular weight excluding hydrogens is 352 g/mol. The number of anilines is 1. The SMILES string of the molecule is CCOC(=O)[C@@H]1[C@H](c2ccccc2)[C@H]2CCCN2[C@]12C(=O)Nc1ccccc12. The molecule has 2 saturated heterocycles. The Kier molecular flexibility index (Phi) is 4.02. The third-order valence-electron chi connectivity index (χ3n) is 6.63. The standard InChI is InChI=1S/C23H24N2O3/c1-2-28-21(26)20-19(15-9-4-3-5-10-15)18-13-8-14-25(18)23(20)16-11-6-7-12-17(16)24-22(23)27/h3-7,9-12,18-20H,2,8,13-14H2,1H3,(H,24,27)/t18-,19-,20+,23+/m1/s1. The molecule has 0 aliphatic carbocycles. The number of amides is 1. The monoisotopic (exact) mass is 376 g/mol. The Morgan fingerprint density at radius 1 is 1.18 bits per heavy atom. The zero-order valence-corrected chi connectivity index (χ0v) is 15.9. The molecule has 5 nitrogen and oxygen atoms in total. The van der Waals surface area contributed by atoms with Gasteiger partial charge in [0.1, 0.15) is 5.54 Å². The van der Waals surface area contributed by atoms with E-state index in [0.29, 0.717) is 6.61 Å². The summed E-state index contributed by atoms with van der Waals surface area (Å²) in [4.78, 5) is 29.2. The molecule has 0 bridgehead atoms. The summed E-state index contributed by atoms with van der Waals surface area (Å²) in [5.74, 6) is -1.02. The van der Waals surface area contributed by atoms with E-state index in [2.05, 4.69) is 22.3 Å². The molecule has 1 amide bonds. The molecule has 0 radical (unpaired) electrons. The van der Waals surface area contributed by atoms with Gasteiger partial charge in [0.15, 0.2) is 0 Å². The van der Waals surface area contributed by atoms with Crippen LogP contribution in [0.15, 0.2) is 54.6 Å². The van der Waals surface area contributed by atoms with Crippen molar-refractivity contribution in [1.29, 1.82) is 0 Å². The van der Waals surface area contributed by atoms with Gasteiger partial charge < -0.3 is 10.1 Å². The van der Waals surface area contributed by atoms with E-state index < -0.39 is 11.5 Å². The average molecular weight is 376 g/mol. The number of para-hydroxylation sites is 1. The van der Waals surface area contributed by atoms with E-state index >= 15 is 0 Å². The van der Waals surface area contributed by atoms with Crippen LogP contribution in [0.4, 0.5) is 5.69 Å². The Hall–Kier alpha value is -2.66. The molecule has 144 valence electrons. The molecule has 3 aliphatic heterocycles. The van der Waals surface area contributed by atoms with Crippen molar-refractivity contribution in [3.8, 4) is 0 Å². The summed E-state index contributed by atoms with van der Waals surface area (Å²) >= 11 is 0. The van der Waals surface area contributed by atoms with Crippen molar-refractivity contribution in [3.63, 3.8) is 0 Å². The highest BCUT2D eigenvalue weighted by Gasteiger charge is 2.69. The molecule has 2 fully saturated rings.